The van der Waals surface area contributed by atoms with Gasteiger partial charge in [0.1, 0.15) is 0 Å². The van der Waals surface area contributed by atoms with Crippen LogP contribution in [0.2, 0.25) is 0 Å². The van der Waals surface area contributed by atoms with Crippen LogP contribution in [0.4, 0.5) is 17.1 Å². The Bertz CT molecular complexity index is 1080. The second-order valence-corrected chi connectivity index (χ2v) is 11.3. The van der Waals surface area contributed by atoms with Gasteiger partial charge in [-0.1, -0.05) is 70.6 Å². The van der Waals surface area contributed by atoms with Gasteiger partial charge in [0.25, 0.3) is 0 Å². The molecule has 1 heteroatoms. The summed E-state index contributed by atoms with van der Waals surface area (Å²) in [4.78, 5) is 2.53. The molecule has 0 radical (unpaired) electrons. The molecule has 0 unspecified atom stereocenters. The van der Waals surface area contributed by atoms with E-state index >= 15 is 0 Å². The molecule has 0 saturated carbocycles. The van der Waals surface area contributed by atoms with Crippen LogP contribution in [-0.4, -0.2) is 0 Å². The summed E-state index contributed by atoms with van der Waals surface area (Å²) in [6.07, 6.45) is 17.9. The molecule has 37 heavy (non-hydrogen) atoms. The highest BCUT2D eigenvalue weighted by Crippen LogP contribution is 2.38. The lowest BCUT2D eigenvalue weighted by molar-refractivity contribution is 0.665. The zero-order valence-electron chi connectivity index (χ0n) is 24.0. The van der Waals surface area contributed by atoms with Crippen LogP contribution in [0.5, 0.6) is 0 Å². The standard InChI is InChI=1S/C36H49N/c1-5-7-9-11-16-31-25-34(22-19-28(31)3)37(36-24-21-30-15-13-14-18-33(30)27-36)35-23-20-29(4)32(26-35)17-12-10-8-6-2/h19-27H,5-18H2,1-4H3. The van der Waals surface area contributed by atoms with E-state index in [2.05, 4.69) is 87.2 Å². The van der Waals surface area contributed by atoms with Gasteiger partial charge in [0.2, 0.25) is 0 Å². The molecule has 4 rings (SSSR count). The first-order valence-corrected chi connectivity index (χ1v) is 15.2. The van der Waals surface area contributed by atoms with Gasteiger partial charge in [-0.25, -0.2) is 0 Å². The van der Waals surface area contributed by atoms with Crippen molar-refractivity contribution in [2.75, 3.05) is 4.90 Å². The third kappa shape index (κ3) is 7.28. The minimum atomic E-state index is 1.17. The summed E-state index contributed by atoms with van der Waals surface area (Å²) < 4.78 is 0. The lowest BCUT2D eigenvalue weighted by atomic mass is 9.91. The molecule has 0 heterocycles. The molecule has 0 aromatic heterocycles. The summed E-state index contributed by atoms with van der Waals surface area (Å²) in [5, 5.41) is 0. The molecule has 0 bridgehead atoms. The molecule has 0 amide bonds. The fourth-order valence-corrected chi connectivity index (χ4v) is 5.92. The Kier molecular flexibility index (Phi) is 10.3. The molecule has 0 aliphatic heterocycles. The van der Waals surface area contributed by atoms with Gasteiger partial charge >= 0.3 is 0 Å². The van der Waals surface area contributed by atoms with Crippen molar-refractivity contribution in [2.45, 2.75) is 118 Å². The zero-order valence-corrected chi connectivity index (χ0v) is 24.0. The van der Waals surface area contributed by atoms with Crippen LogP contribution >= 0.6 is 0 Å². The minimum Gasteiger partial charge on any atom is -0.310 e. The van der Waals surface area contributed by atoms with Gasteiger partial charge in [0.15, 0.2) is 0 Å². The van der Waals surface area contributed by atoms with Crippen molar-refractivity contribution < 1.29 is 0 Å². The second kappa shape index (κ2) is 13.8. The third-order valence-corrected chi connectivity index (χ3v) is 8.37. The lowest BCUT2D eigenvalue weighted by Crippen LogP contribution is -2.13. The first-order valence-electron chi connectivity index (χ1n) is 15.2. The number of hydrogen-bond acceptors (Lipinski definition) is 1. The Morgan fingerprint density at radius 2 is 1.03 bits per heavy atom. The maximum Gasteiger partial charge on any atom is 0.0464 e. The predicted molar refractivity (Wildman–Crippen MR) is 163 cm³/mol. The van der Waals surface area contributed by atoms with Crippen molar-refractivity contribution in [3.63, 3.8) is 0 Å². The highest BCUT2D eigenvalue weighted by Gasteiger charge is 2.18. The van der Waals surface area contributed by atoms with Gasteiger partial charge in [-0.05, 0) is 135 Å². The number of fused-ring (bicyclic) bond motifs is 1. The Hall–Kier alpha value is -2.54. The molecule has 0 saturated heterocycles. The number of unbranched alkanes of at least 4 members (excludes halogenated alkanes) is 6. The van der Waals surface area contributed by atoms with Crippen molar-refractivity contribution in [3.8, 4) is 0 Å². The number of anilines is 3. The molecule has 198 valence electrons. The summed E-state index contributed by atoms with van der Waals surface area (Å²) in [5.74, 6) is 0. The highest BCUT2D eigenvalue weighted by atomic mass is 15.1. The van der Waals surface area contributed by atoms with Crippen LogP contribution in [0.1, 0.15) is 111 Å². The van der Waals surface area contributed by atoms with Crippen molar-refractivity contribution in [3.05, 3.63) is 88.0 Å². The van der Waals surface area contributed by atoms with E-state index in [9.17, 15) is 0 Å². The predicted octanol–water partition coefficient (Wildman–Crippen LogP) is 10.9. The van der Waals surface area contributed by atoms with Crippen molar-refractivity contribution >= 4 is 17.1 Å². The van der Waals surface area contributed by atoms with E-state index in [0.717, 1.165) is 0 Å². The summed E-state index contributed by atoms with van der Waals surface area (Å²) >= 11 is 0. The van der Waals surface area contributed by atoms with Gasteiger partial charge in [-0.2, -0.15) is 0 Å². The quantitative estimate of drug-likeness (QED) is 0.213. The van der Waals surface area contributed by atoms with E-state index in [4.69, 9.17) is 0 Å². The topological polar surface area (TPSA) is 3.24 Å². The minimum absolute atomic E-state index is 1.17. The van der Waals surface area contributed by atoms with E-state index < -0.39 is 0 Å². The summed E-state index contributed by atoms with van der Waals surface area (Å²) in [5.41, 5.74) is 12.9. The maximum atomic E-state index is 2.53. The Balaban J connectivity index is 1.71. The molecular formula is C36H49N. The number of benzene rings is 3. The van der Waals surface area contributed by atoms with Gasteiger partial charge in [0.05, 0.1) is 0 Å². The van der Waals surface area contributed by atoms with Crippen LogP contribution in [-0.2, 0) is 25.7 Å². The molecular weight excluding hydrogens is 446 g/mol. The summed E-state index contributed by atoms with van der Waals surface area (Å²) in [6, 6.07) is 21.6. The Morgan fingerprint density at radius 1 is 0.541 bits per heavy atom. The summed E-state index contributed by atoms with van der Waals surface area (Å²) in [7, 11) is 0. The molecule has 3 aromatic carbocycles. The number of nitrogens with zero attached hydrogens (tertiary/aromatic N) is 1. The van der Waals surface area contributed by atoms with Crippen molar-refractivity contribution in [2.24, 2.45) is 0 Å². The average molecular weight is 496 g/mol. The zero-order chi connectivity index (χ0) is 26.0. The Morgan fingerprint density at radius 3 is 1.57 bits per heavy atom. The van der Waals surface area contributed by atoms with E-state index in [1.165, 1.54) is 129 Å². The largest absolute Gasteiger partial charge is 0.310 e. The van der Waals surface area contributed by atoms with E-state index in [1.54, 1.807) is 11.1 Å². The van der Waals surface area contributed by atoms with Gasteiger partial charge in [-0.15, -0.1) is 0 Å². The SMILES string of the molecule is CCCCCCc1cc(N(c2ccc(C)c(CCCCCC)c2)c2ccc3c(c2)CCCC3)ccc1C. The number of rotatable bonds is 13. The lowest BCUT2D eigenvalue weighted by Gasteiger charge is -2.29. The van der Waals surface area contributed by atoms with Crippen LogP contribution in [0.25, 0.3) is 0 Å². The number of hydrogen-bond donors (Lipinski definition) is 0. The van der Waals surface area contributed by atoms with Crippen LogP contribution in [0.3, 0.4) is 0 Å². The smallest absolute Gasteiger partial charge is 0.0464 e. The molecule has 0 N–H and O–H groups in total. The highest BCUT2D eigenvalue weighted by molar-refractivity contribution is 5.78. The molecule has 1 aliphatic rings. The van der Waals surface area contributed by atoms with Crippen LogP contribution in [0, 0.1) is 13.8 Å². The van der Waals surface area contributed by atoms with Crippen molar-refractivity contribution in [1.82, 2.24) is 0 Å². The van der Waals surface area contributed by atoms with Gasteiger partial charge < -0.3 is 4.90 Å². The third-order valence-electron chi connectivity index (χ3n) is 8.37. The fraction of sp³-hybridized carbons (Fsp3) is 0.500. The Labute approximate surface area is 227 Å². The van der Waals surface area contributed by atoms with E-state index in [0.29, 0.717) is 0 Å². The maximum absolute atomic E-state index is 2.53. The second-order valence-electron chi connectivity index (χ2n) is 11.3. The monoisotopic (exact) mass is 495 g/mol. The first-order chi connectivity index (χ1) is 18.1. The molecule has 1 aliphatic carbocycles. The van der Waals surface area contributed by atoms with Gasteiger partial charge in [-0.3, -0.25) is 0 Å². The molecule has 3 aromatic rings. The van der Waals surface area contributed by atoms with Crippen molar-refractivity contribution in [1.29, 1.82) is 0 Å². The average Bonchev–Trinajstić information content (AvgIpc) is 2.92. The summed E-state index contributed by atoms with van der Waals surface area (Å²) in [6.45, 7) is 9.15. The molecule has 1 nitrogen and oxygen atoms in total. The normalized spacial score (nSPS) is 13.0. The van der Waals surface area contributed by atoms with Crippen LogP contribution in [0.15, 0.2) is 54.6 Å². The van der Waals surface area contributed by atoms with Gasteiger partial charge in [0, 0.05) is 17.1 Å². The van der Waals surface area contributed by atoms with E-state index in [1.807, 2.05) is 0 Å². The molecule has 0 fully saturated rings. The molecule has 0 atom stereocenters. The first kappa shape index (κ1) is 27.5. The molecule has 0 spiro atoms. The van der Waals surface area contributed by atoms with E-state index in [-0.39, 0.29) is 0 Å². The number of aryl methyl sites for hydroxylation is 6. The fourth-order valence-electron chi connectivity index (χ4n) is 5.92. The van der Waals surface area contributed by atoms with Crippen LogP contribution < -0.4 is 4.90 Å².